The molecule has 1 aromatic carbocycles. The van der Waals surface area contributed by atoms with Gasteiger partial charge < -0.3 is 19.5 Å². The smallest absolute Gasteiger partial charge is 0.311 e. The Hall–Kier alpha value is -1.92. The van der Waals surface area contributed by atoms with Crippen molar-refractivity contribution < 1.29 is 24.2 Å². The minimum absolute atomic E-state index is 0.0385. The fraction of sp³-hybridized carbons (Fsp3) is 0.784. The second-order valence-corrected chi connectivity index (χ2v) is 12.2. The molecule has 0 amide bonds. The molecule has 0 fully saturated rings. The van der Waals surface area contributed by atoms with Crippen LogP contribution in [0.15, 0.2) is 24.3 Å². The SMILES string of the molecule is CCCCCCCCCOC(=O)CCCCCCCN(CCO)CCCCCCCC(=O)Oc1ccc(CCCC)cc1. The van der Waals surface area contributed by atoms with Gasteiger partial charge in [0.1, 0.15) is 5.75 Å². The van der Waals surface area contributed by atoms with Crippen LogP contribution in [0.1, 0.15) is 154 Å². The van der Waals surface area contributed by atoms with E-state index in [1.54, 1.807) is 0 Å². The van der Waals surface area contributed by atoms with Gasteiger partial charge in [-0.05, 0) is 75.7 Å². The zero-order chi connectivity index (χ0) is 31.2. The van der Waals surface area contributed by atoms with Crippen LogP contribution >= 0.6 is 0 Å². The molecule has 1 aromatic rings. The molecule has 0 spiro atoms. The van der Waals surface area contributed by atoms with Gasteiger partial charge in [-0.25, -0.2) is 0 Å². The fourth-order valence-corrected chi connectivity index (χ4v) is 5.35. The van der Waals surface area contributed by atoms with Gasteiger partial charge in [-0.3, -0.25) is 9.59 Å². The van der Waals surface area contributed by atoms with Gasteiger partial charge in [0.05, 0.1) is 13.2 Å². The van der Waals surface area contributed by atoms with Crippen LogP contribution < -0.4 is 4.74 Å². The highest BCUT2D eigenvalue weighted by molar-refractivity contribution is 5.72. The van der Waals surface area contributed by atoms with Crippen LogP contribution in [0.4, 0.5) is 0 Å². The molecule has 0 radical (unpaired) electrons. The van der Waals surface area contributed by atoms with E-state index in [0.717, 1.165) is 103 Å². The number of benzene rings is 1. The van der Waals surface area contributed by atoms with E-state index < -0.39 is 0 Å². The van der Waals surface area contributed by atoms with Crippen LogP contribution in [-0.2, 0) is 20.7 Å². The molecule has 0 bridgehead atoms. The Morgan fingerprint density at radius 2 is 1.12 bits per heavy atom. The third-order valence-electron chi connectivity index (χ3n) is 8.11. The van der Waals surface area contributed by atoms with E-state index >= 15 is 0 Å². The van der Waals surface area contributed by atoms with Crippen molar-refractivity contribution in [3.05, 3.63) is 29.8 Å². The topological polar surface area (TPSA) is 76.1 Å². The van der Waals surface area contributed by atoms with Gasteiger partial charge in [0.15, 0.2) is 0 Å². The molecule has 43 heavy (non-hydrogen) atoms. The molecule has 0 saturated carbocycles. The summed E-state index contributed by atoms with van der Waals surface area (Å²) in [7, 11) is 0. The predicted molar refractivity (Wildman–Crippen MR) is 179 cm³/mol. The van der Waals surface area contributed by atoms with E-state index in [9.17, 15) is 14.7 Å². The minimum atomic E-state index is -0.144. The van der Waals surface area contributed by atoms with E-state index in [-0.39, 0.29) is 18.5 Å². The number of aliphatic hydroxyl groups excluding tert-OH is 1. The molecule has 248 valence electrons. The highest BCUT2D eigenvalue weighted by atomic mass is 16.5. The number of unbranched alkanes of at least 4 members (excludes halogenated alkanes) is 15. The molecule has 6 nitrogen and oxygen atoms in total. The molecule has 0 aliphatic rings. The second-order valence-electron chi connectivity index (χ2n) is 12.2. The first-order chi connectivity index (χ1) is 21.1. The number of hydrogen-bond donors (Lipinski definition) is 1. The molecule has 0 atom stereocenters. The monoisotopic (exact) mass is 603 g/mol. The average Bonchev–Trinajstić information content (AvgIpc) is 3.01. The minimum Gasteiger partial charge on any atom is -0.466 e. The van der Waals surface area contributed by atoms with Crippen molar-refractivity contribution in [2.24, 2.45) is 0 Å². The van der Waals surface area contributed by atoms with Crippen molar-refractivity contribution in [1.82, 2.24) is 4.90 Å². The number of esters is 2. The summed E-state index contributed by atoms with van der Waals surface area (Å²) in [5, 5.41) is 9.45. The molecule has 0 heterocycles. The van der Waals surface area contributed by atoms with Gasteiger partial charge in [0, 0.05) is 19.4 Å². The maximum atomic E-state index is 12.1. The van der Waals surface area contributed by atoms with Crippen molar-refractivity contribution in [1.29, 1.82) is 0 Å². The van der Waals surface area contributed by atoms with Crippen LogP contribution in [0.5, 0.6) is 5.75 Å². The summed E-state index contributed by atoms with van der Waals surface area (Å²) in [4.78, 5) is 26.4. The van der Waals surface area contributed by atoms with Gasteiger partial charge in [-0.2, -0.15) is 0 Å². The summed E-state index contributed by atoms with van der Waals surface area (Å²) in [6.07, 6.45) is 23.8. The van der Waals surface area contributed by atoms with E-state index in [2.05, 4.69) is 30.9 Å². The Bertz CT molecular complexity index is 782. The van der Waals surface area contributed by atoms with Crippen molar-refractivity contribution in [2.45, 2.75) is 155 Å². The summed E-state index contributed by atoms with van der Waals surface area (Å²) in [5.41, 5.74) is 1.29. The Morgan fingerprint density at radius 1 is 0.605 bits per heavy atom. The number of ether oxygens (including phenoxy) is 2. The number of nitrogens with zero attached hydrogens (tertiary/aromatic N) is 1. The largest absolute Gasteiger partial charge is 0.466 e. The molecule has 0 saturated heterocycles. The predicted octanol–water partition coefficient (Wildman–Crippen LogP) is 9.20. The van der Waals surface area contributed by atoms with Crippen LogP contribution in [0.25, 0.3) is 0 Å². The maximum absolute atomic E-state index is 12.1. The Kier molecular flexibility index (Phi) is 26.2. The van der Waals surface area contributed by atoms with E-state index in [4.69, 9.17) is 9.47 Å². The van der Waals surface area contributed by atoms with E-state index in [0.29, 0.717) is 25.2 Å². The number of hydrogen-bond acceptors (Lipinski definition) is 6. The quantitative estimate of drug-likeness (QED) is 0.0537. The zero-order valence-electron chi connectivity index (χ0n) is 27.9. The molecule has 1 N–H and O–H groups in total. The van der Waals surface area contributed by atoms with Crippen molar-refractivity contribution in [3.8, 4) is 5.75 Å². The lowest BCUT2D eigenvalue weighted by atomic mass is 10.1. The third-order valence-corrected chi connectivity index (χ3v) is 8.11. The van der Waals surface area contributed by atoms with Gasteiger partial charge >= 0.3 is 11.9 Å². The summed E-state index contributed by atoms with van der Waals surface area (Å²) >= 11 is 0. The standard InChI is InChI=1S/C37H65NO5/c1-3-5-7-8-9-16-21-33-42-36(40)23-17-12-10-14-19-29-38(31-32-39)30-20-15-11-13-18-24-37(41)43-35-27-25-34(26-28-35)22-6-4-2/h25-28,39H,3-24,29-33H2,1-2H3. The normalized spacial score (nSPS) is 11.3. The van der Waals surface area contributed by atoms with Gasteiger partial charge in [-0.1, -0.05) is 109 Å². The zero-order valence-corrected chi connectivity index (χ0v) is 27.9. The second kappa shape index (κ2) is 28.8. The summed E-state index contributed by atoms with van der Waals surface area (Å²) in [6.45, 7) is 7.97. The van der Waals surface area contributed by atoms with Crippen LogP contribution in [0.2, 0.25) is 0 Å². The summed E-state index contributed by atoms with van der Waals surface area (Å²) in [5.74, 6) is 0.459. The summed E-state index contributed by atoms with van der Waals surface area (Å²) in [6, 6.07) is 7.91. The maximum Gasteiger partial charge on any atom is 0.311 e. The average molecular weight is 604 g/mol. The lowest BCUT2D eigenvalue weighted by molar-refractivity contribution is -0.144. The molecule has 0 unspecified atom stereocenters. The van der Waals surface area contributed by atoms with Crippen molar-refractivity contribution in [3.63, 3.8) is 0 Å². The number of aryl methyl sites for hydroxylation is 1. The van der Waals surface area contributed by atoms with Crippen LogP contribution in [0, 0.1) is 0 Å². The Balaban J connectivity index is 1.97. The molecular formula is C37H65NO5. The first kappa shape index (κ1) is 39.1. The number of aliphatic hydroxyl groups is 1. The number of carbonyl (C=O) groups excluding carboxylic acids is 2. The van der Waals surface area contributed by atoms with Crippen molar-refractivity contribution >= 4 is 11.9 Å². The van der Waals surface area contributed by atoms with E-state index in [1.807, 2.05) is 12.1 Å². The molecule has 0 aliphatic carbocycles. The number of rotatable bonds is 30. The van der Waals surface area contributed by atoms with Crippen LogP contribution in [-0.4, -0.2) is 54.8 Å². The highest BCUT2D eigenvalue weighted by Crippen LogP contribution is 2.16. The van der Waals surface area contributed by atoms with Gasteiger partial charge in [0.2, 0.25) is 0 Å². The highest BCUT2D eigenvalue weighted by Gasteiger charge is 2.07. The fourth-order valence-electron chi connectivity index (χ4n) is 5.35. The molecule has 0 aliphatic heterocycles. The third kappa shape index (κ3) is 24.1. The Morgan fingerprint density at radius 3 is 1.70 bits per heavy atom. The molecule has 1 rings (SSSR count). The van der Waals surface area contributed by atoms with Gasteiger partial charge in [0.25, 0.3) is 0 Å². The van der Waals surface area contributed by atoms with Crippen molar-refractivity contribution in [2.75, 3.05) is 32.8 Å². The lowest BCUT2D eigenvalue weighted by Gasteiger charge is -2.21. The molecule has 0 aromatic heterocycles. The Labute approximate surface area is 264 Å². The lowest BCUT2D eigenvalue weighted by Crippen LogP contribution is -2.29. The molecule has 6 heteroatoms. The first-order valence-electron chi connectivity index (χ1n) is 17.9. The van der Waals surface area contributed by atoms with Gasteiger partial charge in [-0.15, -0.1) is 0 Å². The summed E-state index contributed by atoms with van der Waals surface area (Å²) < 4.78 is 10.9. The first-order valence-corrected chi connectivity index (χ1v) is 17.9. The number of carbonyl (C=O) groups is 2. The van der Waals surface area contributed by atoms with Crippen LogP contribution in [0.3, 0.4) is 0 Å². The van der Waals surface area contributed by atoms with E-state index in [1.165, 1.54) is 50.5 Å². The molecular weight excluding hydrogens is 538 g/mol.